The number of urea groups is 1. The standard InChI is InChI=1S/C20H29N5O/c1-17(14-25-12-6-10-22-25)23-20(26)21-13-19-9-5-11-24(16-19)15-18-7-3-2-4-8-18/h2-4,6-8,10,12,17,19H,5,9,11,13-16H2,1H3,(H2,21,23,26)/t17-,19-/m0/s1. The highest BCUT2D eigenvalue weighted by Gasteiger charge is 2.20. The fourth-order valence-corrected chi connectivity index (χ4v) is 3.55. The third-order valence-corrected chi connectivity index (χ3v) is 4.80. The second-order valence-corrected chi connectivity index (χ2v) is 7.21. The van der Waals surface area contributed by atoms with Crippen molar-refractivity contribution in [3.05, 3.63) is 54.4 Å². The lowest BCUT2D eigenvalue weighted by molar-refractivity contribution is 0.165. The van der Waals surface area contributed by atoms with Crippen molar-refractivity contribution in [3.8, 4) is 0 Å². The summed E-state index contributed by atoms with van der Waals surface area (Å²) in [6, 6.07) is 12.4. The van der Waals surface area contributed by atoms with Gasteiger partial charge in [0.15, 0.2) is 0 Å². The number of carbonyl (C=O) groups excluding carboxylic acids is 1. The SMILES string of the molecule is C[C@@H](Cn1cccn1)NC(=O)NC[C@@H]1CCCN(Cc2ccccc2)C1. The van der Waals surface area contributed by atoms with Gasteiger partial charge < -0.3 is 10.6 Å². The molecule has 140 valence electrons. The molecule has 1 fully saturated rings. The molecule has 0 spiro atoms. The van der Waals surface area contributed by atoms with E-state index >= 15 is 0 Å². The van der Waals surface area contributed by atoms with Gasteiger partial charge in [-0.1, -0.05) is 30.3 Å². The van der Waals surface area contributed by atoms with Crippen LogP contribution in [0.25, 0.3) is 0 Å². The van der Waals surface area contributed by atoms with E-state index in [1.54, 1.807) is 6.20 Å². The van der Waals surface area contributed by atoms with Crippen LogP contribution in [0.2, 0.25) is 0 Å². The van der Waals surface area contributed by atoms with E-state index in [1.165, 1.54) is 18.4 Å². The number of amides is 2. The molecule has 2 N–H and O–H groups in total. The quantitative estimate of drug-likeness (QED) is 0.802. The predicted octanol–water partition coefficient (Wildman–Crippen LogP) is 2.48. The summed E-state index contributed by atoms with van der Waals surface area (Å²) in [5.74, 6) is 0.514. The number of piperidine rings is 1. The summed E-state index contributed by atoms with van der Waals surface area (Å²) in [6.07, 6.45) is 6.02. The first kappa shape index (κ1) is 18.5. The summed E-state index contributed by atoms with van der Waals surface area (Å²) in [7, 11) is 0. The lowest BCUT2D eigenvalue weighted by atomic mass is 9.97. The van der Waals surface area contributed by atoms with E-state index in [0.29, 0.717) is 12.5 Å². The maximum Gasteiger partial charge on any atom is 0.315 e. The smallest absolute Gasteiger partial charge is 0.315 e. The minimum atomic E-state index is -0.0927. The van der Waals surface area contributed by atoms with E-state index in [-0.39, 0.29) is 12.1 Å². The van der Waals surface area contributed by atoms with Crippen molar-refractivity contribution in [2.24, 2.45) is 5.92 Å². The molecular formula is C20H29N5O. The van der Waals surface area contributed by atoms with Crippen LogP contribution in [0.1, 0.15) is 25.3 Å². The van der Waals surface area contributed by atoms with Crippen molar-refractivity contribution in [2.75, 3.05) is 19.6 Å². The normalized spacial score (nSPS) is 19.0. The molecule has 3 rings (SSSR count). The number of rotatable bonds is 7. The molecule has 0 unspecified atom stereocenters. The second kappa shape index (κ2) is 9.38. The first-order valence-electron chi connectivity index (χ1n) is 9.47. The molecular weight excluding hydrogens is 326 g/mol. The van der Waals surface area contributed by atoms with E-state index in [2.05, 4.69) is 51.0 Å². The van der Waals surface area contributed by atoms with Crippen LogP contribution in [0.15, 0.2) is 48.8 Å². The molecule has 2 atom stereocenters. The number of hydrogen-bond donors (Lipinski definition) is 2. The summed E-state index contributed by atoms with van der Waals surface area (Å²) in [6.45, 7) is 6.56. The Bertz CT molecular complexity index is 658. The highest BCUT2D eigenvalue weighted by molar-refractivity contribution is 5.74. The minimum Gasteiger partial charge on any atom is -0.338 e. The van der Waals surface area contributed by atoms with Gasteiger partial charge in [-0.3, -0.25) is 9.58 Å². The number of nitrogens with one attached hydrogen (secondary N) is 2. The zero-order valence-corrected chi connectivity index (χ0v) is 15.5. The summed E-state index contributed by atoms with van der Waals surface area (Å²) >= 11 is 0. The molecule has 1 aromatic carbocycles. The zero-order valence-electron chi connectivity index (χ0n) is 15.5. The fraction of sp³-hybridized carbons (Fsp3) is 0.500. The maximum atomic E-state index is 12.1. The Morgan fingerprint density at radius 3 is 2.92 bits per heavy atom. The molecule has 6 heteroatoms. The van der Waals surface area contributed by atoms with Crippen LogP contribution in [-0.2, 0) is 13.1 Å². The summed E-state index contributed by atoms with van der Waals surface area (Å²) in [5.41, 5.74) is 1.35. The van der Waals surface area contributed by atoms with Crippen LogP contribution < -0.4 is 10.6 Å². The molecule has 0 bridgehead atoms. The lowest BCUT2D eigenvalue weighted by Gasteiger charge is -2.33. The Balaban J connectivity index is 1.37. The summed E-state index contributed by atoms with van der Waals surface area (Å²) in [4.78, 5) is 14.6. The second-order valence-electron chi connectivity index (χ2n) is 7.21. The maximum absolute atomic E-state index is 12.1. The van der Waals surface area contributed by atoms with Crippen LogP contribution in [0.4, 0.5) is 4.79 Å². The van der Waals surface area contributed by atoms with Gasteiger partial charge in [-0.15, -0.1) is 0 Å². The van der Waals surface area contributed by atoms with Crippen molar-refractivity contribution in [1.29, 1.82) is 0 Å². The van der Waals surface area contributed by atoms with Gasteiger partial charge in [-0.2, -0.15) is 5.10 Å². The van der Waals surface area contributed by atoms with E-state index in [9.17, 15) is 4.79 Å². The van der Waals surface area contributed by atoms with Crippen molar-refractivity contribution in [3.63, 3.8) is 0 Å². The molecule has 0 radical (unpaired) electrons. The van der Waals surface area contributed by atoms with Crippen LogP contribution in [0.5, 0.6) is 0 Å². The van der Waals surface area contributed by atoms with Crippen LogP contribution in [0, 0.1) is 5.92 Å². The molecule has 1 aliphatic heterocycles. The van der Waals surface area contributed by atoms with Crippen LogP contribution in [-0.4, -0.2) is 46.4 Å². The minimum absolute atomic E-state index is 0.0378. The Kier molecular flexibility index (Phi) is 6.66. The van der Waals surface area contributed by atoms with Gasteiger partial charge in [0.1, 0.15) is 0 Å². The highest BCUT2D eigenvalue weighted by Crippen LogP contribution is 2.18. The largest absolute Gasteiger partial charge is 0.338 e. The first-order valence-corrected chi connectivity index (χ1v) is 9.47. The number of hydrogen-bond acceptors (Lipinski definition) is 3. The van der Waals surface area contributed by atoms with Gasteiger partial charge >= 0.3 is 6.03 Å². The molecule has 0 saturated carbocycles. The molecule has 1 saturated heterocycles. The Labute approximate surface area is 155 Å². The molecule has 0 aliphatic carbocycles. The number of carbonyl (C=O) groups is 1. The van der Waals surface area contributed by atoms with Crippen LogP contribution in [0.3, 0.4) is 0 Å². The Hall–Kier alpha value is -2.34. The highest BCUT2D eigenvalue weighted by atomic mass is 16.2. The number of nitrogens with zero attached hydrogens (tertiary/aromatic N) is 3. The average Bonchev–Trinajstić information content (AvgIpc) is 3.14. The number of benzene rings is 1. The molecule has 2 aromatic rings. The molecule has 6 nitrogen and oxygen atoms in total. The predicted molar refractivity (Wildman–Crippen MR) is 103 cm³/mol. The van der Waals surface area contributed by atoms with Crippen molar-refractivity contribution >= 4 is 6.03 Å². The third kappa shape index (κ3) is 5.88. The molecule has 1 aliphatic rings. The molecule has 2 heterocycles. The third-order valence-electron chi connectivity index (χ3n) is 4.80. The van der Waals surface area contributed by atoms with Crippen LogP contribution >= 0.6 is 0 Å². The van der Waals surface area contributed by atoms with E-state index in [4.69, 9.17) is 0 Å². The van der Waals surface area contributed by atoms with Gasteiger partial charge in [0.25, 0.3) is 0 Å². The van der Waals surface area contributed by atoms with Crippen molar-refractivity contribution in [1.82, 2.24) is 25.3 Å². The Morgan fingerprint density at radius 1 is 1.31 bits per heavy atom. The van der Waals surface area contributed by atoms with E-state index < -0.39 is 0 Å². The lowest BCUT2D eigenvalue weighted by Crippen LogP contribution is -2.46. The molecule has 1 aromatic heterocycles. The van der Waals surface area contributed by atoms with E-state index in [0.717, 1.165) is 26.2 Å². The molecule has 26 heavy (non-hydrogen) atoms. The van der Waals surface area contributed by atoms with E-state index in [1.807, 2.05) is 23.9 Å². The Morgan fingerprint density at radius 2 is 2.15 bits per heavy atom. The van der Waals surface area contributed by atoms with Gasteiger partial charge in [0.2, 0.25) is 0 Å². The van der Waals surface area contributed by atoms with Gasteiger partial charge in [0, 0.05) is 38.1 Å². The molecule has 2 amide bonds. The summed E-state index contributed by atoms with van der Waals surface area (Å²) in [5, 5.41) is 10.2. The van der Waals surface area contributed by atoms with Crippen molar-refractivity contribution < 1.29 is 4.79 Å². The topological polar surface area (TPSA) is 62.2 Å². The summed E-state index contributed by atoms with van der Waals surface area (Å²) < 4.78 is 1.83. The number of aromatic nitrogens is 2. The average molecular weight is 355 g/mol. The number of likely N-dealkylation sites (tertiary alicyclic amines) is 1. The van der Waals surface area contributed by atoms with Gasteiger partial charge in [-0.05, 0) is 43.9 Å². The van der Waals surface area contributed by atoms with Crippen molar-refractivity contribution in [2.45, 2.75) is 38.9 Å². The van der Waals surface area contributed by atoms with Gasteiger partial charge in [0.05, 0.1) is 6.54 Å². The first-order chi connectivity index (χ1) is 12.7. The zero-order chi connectivity index (χ0) is 18.2. The fourth-order valence-electron chi connectivity index (χ4n) is 3.55. The van der Waals surface area contributed by atoms with Gasteiger partial charge in [-0.25, -0.2) is 4.79 Å². The monoisotopic (exact) mass is 355 g/mol.